The number of aromatic nitrogens is 1. The van der Waals surface area contributed by atoms with Crippen molar-refractivity contribution >= 4 is 56.6 Å². The maximum atomic E-state index is 11.6. The highest BCUT2D eigenvalue weighted by Crippen LogP contribution is 2.31. The van der Waals surface area contributed by atoms with Crippen LogP contribution in [-0.2, 0) is 27.2 Å². The summed E-state index contributed by atoms with van der Waals surface area (Å²) in [5.41, 5.74) is 3.05. The Balaban J connectivity index is 0.000000227. The lowest BCUT2D eigenvalue weighted by atomic mass is 10.1. The van der Waals surface area contributed by atoms with E-state index in [4.69, 9.17) is 32.0 Å². The van der Waals surface area contributed by atoms with Gasteiger partial charge in [-0.1, -0.05) is 29.8 Å². The van der Waals surface area contributed by atoms with Crippen molar-refractivity contribution in [2.45, 2.75) is 25.0 Å². The Morgan fingerprint density at radius 3 is 2.60 bits per heavy atom. The summed E-state index contributed by atoms with van der Waals surface area (Å²) >= 11 is 8.01. The minimum absolute atomic E-state index is 0.0499. The fourth-order valence-electron chi connectivity index (χ4n) is 4.88. The molecule has 13 heteroatoms. The molecule has 6 rings (SSSR count). The zero-order chi connectivity index (χ0) is 28.4. The summed E-state index contributed by atoms with van der Waals surface area (Å²) in [6.07, 6.45) is -1.42. The Kier molecular flexibility index (Phi) is 8.43. The van der Waals surface area contributed by atoms with Crippen molar-refractivity contribution in [2.75, 3.05) is 49.5 Å². The number of esters is 1. The number of benzene rings is 2. The second kappa shape index (κ2) is 12.0. The van der Waals surface area contributed by atoms with Gasteiger partial charge < -0.3 is 35.4 Å². The Labute approximate surface area is 239 Å². The number of amides is 1. The number of cyclic esters (lactones) is 1. The molecule has 2 atom stereocenters. The summed E-state index contributed by atoms with van der Waals surface area (Å²) in [7, 11) is 0. The van der Waals surface area contributed by atoms with Gasteiger partial charge >= 0.3 is 5.97 Å². The molecule has 3 aliphatic heterocycles. The van der Waals surface area contributed by atoms with E-state index >= 15 is 0 Å². The highest BCUT2D eigenvalue weighted by atomic mass is 35.5. The third kappa shape index (κ3) is 5.86. The van der Waals surface area contributed by atoms with E-state index < -0.39 is 36.3 Å². The molecule has 3 aliphatic rings. The predicted octanol–water partition coefficient (Wildman–Crippen LogP) is 2.40. The van der Waals surface area contributed by atoms with E-state index in [1.807, 2.05) is 6.07 Å². The molecule has 40 heavy (non-hydrogen) atoms. The molecule has 0 aliphatic carbocycles. The van der Waals surface area contributed by atoms with Crippen LogP contribution in [0.4, 0.5) is 11.5 Å². The van der Waals surface area contributed by atoms with E-state index in [0.717, 1.165) is 66.8 Å². The maximum absolute atomic E-state index is 11.6. The van der Waals surface area contributed by atoms with Gasteiger partial charge in [0.15, 0.2) is 11.9 Å². The van der Waals surface area contributed by atoms with E-state index in [-0.39, 0.29) is 5.91 Å². The van der Waals surface area contributed by atoms with Gasteiger partial charge in [0, 0.05) is 48.8 Å². The second-order valence-corrected chi connectivity index (χ2v) is 10.9. The fraction of sp³-hybridized carbons (Fsp3) is 0.370. The molecule has 212 valence electrons. The van der Waals surface area contributed by atoms with Crippen LogP contribution >= 0.6 is 23.1 Å². The number of hydrogen-bond donors (Lipinski definition) is 5. The molecule has 1 aromatic heterocycles. The van der Waals surface area contributed by atoms with Crippen LogP contribution in [-0.4, -0.2) is 93.1 Å². The number of carbonyl (C=O) groups is 2. The van der Waals surface area contributed by atoms with Gasteiger partial charge in [-0.3, -0.25) is 9.69 Å². The van der Waals surface area contributed by atoms with Crippen LogP contribution in [0.3, 0.4) is 0 Å². The summed E-state index contributed by atoms with van der Waals surface area (Å²) in [4.78, 5) is 27.0. The highest BCUT2D eigenvalue weighted by Gasteiger charge is 2.38. The molecule has 0 unspecified atom stereocenters. The van der Waals surface area contributed by atoms with Crippen LogP contribution in [0.2, 0.25) is 5.02 Å². The average Bonchev–Trinajstić information content (AvgIpc) is 3.63. The normalized spacial score (nSPS) is 19.8. The zero-order valence-corrected chi connectivity index (χ0v) is 23.0. The lowest BCUT2D eigenvalue weighted by Gasteiger charge is -2.35. The number of aliphatic hydroxyl groups is 4. The van der Waals surface area contributed by atoms with Gasteiger partial charge in [-0.2, -0.15) is 4.37 Å². The summed E-state index contributed by atoms with van der Waals surface area (Å²) < 4.78 is 10.3. The molecule has 0 saturated carbocycles. The lowest BCUT2D eigenvalue weighted by Crippen LogP contribution is -2.47. The molecule has 2 aromatic carbocycles. The van der Waals surface area contributed by atoms with E-state index in [1.165, 1.54) is 10.1 Å². The van der Waals surface area contributed by atoms with Crippen LogP contribution in [0.15, 0.2) is 47.9 Å². The van der Waals surface area contributed by atoms with Crippen molar-refractivity contribution in [3.63, 3.8) is 0 Å². The van der Waals surface area contributed by atoms with E-state index in [2.05, 4.69) is 54.6 Å². The third-order valence-electron chi connectivity index (χ3n) is 7.10. The van der Waals surface area contributed by atoms with Gasteiger partial charge in [-0.15, -0.1) is 0 Å². The van der Waals surface area contributed by atoms with Crippen LogP contribution in [0.5, 0.6) is 0 Å². The first kappa shape index (κ1) is 28.1. The lowest BCUT2D eigenvalue weighted by molar-refractivity contribution is -0.147. The number of nitrogens with zero attached hydrogens (tertiary/aromatic N) is 3. The second-order valence-electron chi connectivity index (χ2n) is 9.72. The topological polar surface area (TPSA) is 156 Å². The first-order valence-electron chi connectivity index (χ1n) is 12.8. The average molecular weight is 589 g/mol. The van der Waals surface area contributed by atoms with E-state index in [0.29, 0.717) is 6.42 Å². The van der Waals surface area contributed by atoms with Crippen molar-refractivity contribution in [2.24, 2.45) is 0 Å². The highest BCUT2D eigenvalue weighted by molar-refractivity contribution is 7.13. The Morgan fingerprint density at radius 1 is 1.15 bits per heavy atom. The summed E-state index contributed by atoms with van der Waals surface area (Å²) in [5, 5.41) is 39.9. The number of hydrogen-bond acceptors (Lipinski definition) is 11. The number of halogens is 1. The van der Waals surface area contributed by atoms with Crippen LogP contribution in [0.25, 0.3) is 10.1 Å². The minimum Gasteiger partial charge on any atom is -0.505 e. The third-order valence-corrected chi connectivity index (χ3v) is 8.27. The Hall–Kier alpha value is -3.42. The Bertz CT molecular complexity index is 1450. The van der Waals surface area contributed by atoms with Gasteiger partial charge in [0.2, 0.25) is 11.7 Å². The molecule has 1 fully saturated rings. The molecule has 4 heterocycles. The molecule has 0 spiro atoms. The molecule has 0 radical (unpaired) electrons. The van der Waals surface area contributed by atoms with Crippen molar-refractivity contribution in [1.82, 2.24) is 9.27 Å². The van der Waals surface area contributed by atoms with Crippen molar-refractivity contribution < 1.29 is 34.8 Å². The van der Waals surface area contributed by atoms with E-state index in [9.17, 15) is 9.59 Å². The monoisotopic (exact) mass is 588 g/mol. The van der Waals surface area contributed by atoms with Crippen molar-refractivity contribution in [3.05, 3.63) is 64.1 Å². The smallest absolute Gasteiger partial charge is 0.377 e. The standard InChI is InChI=1S/C21H21ClN4OS.C6H8O6/c22-17-13-18-15(12-20(27)23-18)11-14(17)5-6-25-7-9-26(10-8-25)21-16-3-1-2-4-19(16)28-24-21;7-1-2(8)5-3(9)4(10)6(11)12-5/h1-4,11,13H,5-10,12H2,(H,23,27);2,5,7-10H,1H2/t;2-,5+/m.0/s1. The van der Waals surface area contributed by atoms with Crippen LogP contribution in [0.1, 0.15) is 11.1 Å². The van der Waals surface area contributed by atoms with E-state index in [1.54, 1.807) is 11.5 Å². The first-order valence-corrected chi connectivity index (χ1v) is 13.9. The molecule has 1 saturated heterocycles. The number of aliphatic hydroxyl groups excluding tert-OH is 4. The van der Waals surface area contributed by atoms with Gasteiger partial charge in [0.1, 0.15) is 11.9 Å². The number of piperazine rings is 1. The quantitative estimate of drug-likeness (QED) is 0.271. The summed E-state index contributed by atoms with van der Waals surface area (Å²) in [6, 6.07) is 12.4. The molecule has 1 amide bonds. The number of ether oxygens (including phenoxy) is 1. The maximum Gasteiger partial charge on any atom is 0.377 e. The zero-order valence-electron chi connectivity index (χ0n) is 21.4. The number of fused-ring (bicyclic) bond motifs is 2. The van der Waals surface area contributed by atoms with Gasteiger partial charge in [0.05, 0.1) is 17.7 Å². The van der Waals surface area contributed by atoms with Gasteiger partial charge in [-0.25, -0.2) is 4.79 Å². The molecule has 3 aromatic rings. The van der Waals surface area contributed by atoms with Gasteiger partial charge in [0.25, 0.3) is 0 Å². The van der Waals surface area contributed by atoms with Crippen molar-refractivity contribution in [3.8, 4) is 0 Å². The van der Waals surface area contributed by atoms with Crippen LogP contribution in [0, 0.1) is 0 Å². The number of anilines is 2. The number of rotatable bonds is 6. The van der Waals surface area contributed by atoms with Crippen LogP contribution < -0.4 is 10.2 Å². The predicted molar refractivity (Wildman–Crippen MR) is 151 cm³/mol. The molecule has 11 nitrogen and oxygen atoms in total. The minimum atomic E-state index is -1.42. The Morgan fingerprint density at radius 2 is 1.90 bits per heavy atom. The number of nitrogens with one attached hydrogen (secondary N) is 1. The summed E-state index contributed by atoms with van der Waals surface area (Å²) in [5.74, 6) is -1.60. The first-order chi connectivity index (χ1) is 19.2. The van der Waals surface area contributed by atoms with Crippen molar-refractivity contribution in [1.29, 1.82) is 0 Å². The fourth-order valence-corrected chi connectivity index (χ4v) is 5.93. The number of carbonyl (C=O) groups excluding carboxylic acids is 2. The molecular formula is C27H29ClN4O7S. The molecule has 5 N–H and O–H groups in total. The molecular weight excluding hydrogens is 560 g/mol. The largest absolute Gasteiger partial charge is 0.505 e. The van der Waals surface area contributed by atoms with Gasteiger partial charge in [-0.05, 0) is 47.3 Å². The summed E-state index contributed by atoms with van der Waals surface area (Å²) in [6.45, 7) is 4.33. The SMILES string of the molecule is O=C1Cc2cc(CCN3CCN(c4nsc5ccccc45)CC3)c(Cl)cc2N1.O=C1O[C@H]([C@@H](O)CO)C(O)=C1O. The molecule has 0 bridgehead atoms.